The van der Waals surface area contributed by atoms with Gasteiger partial charge in [-0.3, -0.25) is 4.79 Å². The van der Waals surface area contributed by atoms with E-state index in [9.17, 15) is 4.79 Å². The number of ether oxygens (including phenoxy) is 1. The minimum absolute atomic E-state index is 0.0283. The van der Waals surface area contributed by atoms with Crippen LogP contribution in [0.1, 0.15) is 38.5 Å². The number of aliphatic carboxylic acids is 1. The van der Waals surface area contributed by atoms with Gasteiger partial charge in [-0.1, -0.05) is 0 Å². The second kappa shape index (κ2) is 6.37. The first kappa shape index (κ1) is 13.7. The van der Waals surface area contributed by atoms with Gasteiger partial charge in [-0.05, 0) is 45.1 Å². The van der Waals surface area contributed by atoms with Crippen molar-refractivity contribution in [1.29, 1.82) is 0 Å². The highest BCUT2D eigenvalue weighted by atomic mass is 28.1. The van der Waals surface area contributed by atoms with Crippen LogP contribution in [0.3, 0.4) is 0 Å². The molecule has 0 aromatic rings. The second-order valence-corrected chi connectivity index (χ2v) is 6.73. The van der Waals surface area contributed by atoms with E-state index in [4.69, 9.17) is 15.6 Å². The third-order valence-electron chi connectivity index (χ3n) is 3.44. The highest BCUT2D eigenvalue weighted by molar-refractivity contribution is 6.14. The van der Waals surface area contributed by atoms with E-state index in [1.165, 1.54) is 6.42 Å². The standard InChI is InChI=1S/C11H23NO3Si/c12-7-4-9(10(13)14)3-6-11(16)5-1-2-8-15-11/h9H,1-8,12H2,16H3,(H,13,14). The fourth-order valence-electron chi connectivity index (χ4n) is 2.26. The summed E-state index contributed by atoms with van der Waals surface area (Å²) in [5.74, 6) is -1.01. The Morgan fingerprint density at radius 1 is 1.50 bits per heavy atom. The number of carboxylic acid groups (broad SMARTS) is 1. The zero-order valence-electron chi connectivity index (χ0n) is 10.1. The molecule has 2 atom stereocenters. The molecule has 0 spiro atoms. The molecule has 16 heavy (non-hydrogen) atoms. The van der Waals surface area contributed by atoms with Gasteiger partial charge in [0.1, 0.15) is 0 Å². The van der Waals surface area contributed by atoms with E-state index >= 15 is 0 Å². The third kappa shape index (κ3) is 4.23. The summed E-state index contributed by atoms with van der Waals surface area (Å²) < 4.78 is 5.81. The number of hydrogen-bond donors (Lipinski definition) is 2. The summed E-state index contributed by atoms with van der Waals surface area (Å²) in [6, 6.07) is 0. The molecule has 4 nitrogen and oxygen atoms in total. The van der Waals surface area contributed by atoms with Crippen LogP contribution in [0, 0.1) is 5.92 Å². The van der Waals surface area contributed by atoms with E-state index in [-0.39, 0.29) is 11.1 Å². The molecule has 1 aliphatic heterocycles. The van der Waals surface area contributed by atoms with Gasteiger partial charge < -0.3 is 15.6 Å². The van der Waals surface area contributed by atoms with Crippen molar-refractivity contribution in [3.8, 4) is 0 Å². The molecule has 0 bridgehead atoms. The zero-order chi connectivity index (χ0) is 12.0. The summed E-state index contributed by atoms with van der Waals surface area (Å²) >= 11 is 0. The molecular formula is C11H23NO3Si. The van der Waals surface area contributed by atoms with Gasteiger partial charge in [0.2, 0.25) is 0 Å². The summed E-state index contributed by atoms with van der Waals surface area (Å²) in [6.07, 6.45) is 5.64. The number of rotatable bonds is 6. The van der Waals surface area contributed by atoms with E-state index in [0.29, 0.717) is 19.4 Å². The first-order valence-corrected chi connectivity index (χ1v) is 7.14. The monoisotopic (exact) mass is 245 g/mol. The summed E-state index contributed by atoms with van der Waals surface area (Å²) in [7, 11) is 0.989. The summed E-state index contributed by atoms with van der Waals surface area (Å²) in [6.45, 7) is 1.30. The van der Waals surface area contributed by atoms with Crippen molar-refractivity contribution in [3.05, 3.63) is 0 Å². The second-order valence-electron chi connectivity index (χ2n) is 4.91. The molecule has 2 unspecified atom stereocenters. The van der Waals surface area contributed by atoms with Crippen LogP contribution >= 0.6 is 0 Å². The van der Waals surface area contributed by atoms with Gasteiger partial charge in [0.15, 0.2) is 0 Å². The maximum Gasteiger partial charge on any atom is 0.306 e. The molecule has 1 fully saturated rings. The van der Waals surface area contributed by atoms with Crippen LogP contribution in [-0.4, -0.2) is 39.7 Å². The quantitative estimate of drug-likeness (QED) is 0.650. The predicted molar refractivity (Wildman–Crippen MR) is 66.5 cm³/mol. The highest BCUT2D eigenvalue weighted by Gasteiger charge is 2.29. The largest absolute Gasteiger partial charge is 0.481 e. The number of hydrogen-bond acceptors (Lipinski definition) is 3. The Balaban J connectivity index is 2.37. The molecule has 5 heteroatoms. The van der Waals surface area contributed by atoms with Crippen molar-refractivity contribution >= 4 is 16.2 Å². The van der Waals surface area contributed by atoms with Gasteiger partial charge in [-0.15, -0.1) is 0 Å². The molecule has 0 aromatic carbocycles. The normalized spacial score (nSPS) is 27.8. The average molecular weight is 245 g/mol. The van der Waals surface area contributed by atoms with E-state index in [2.05, 4.69) is 0 Å². The van der Waals surface area contributed by atoms with Crippen LogP contribution in [0.15, 0.2) is 0 Å². The Kier molecular flexibility index (Phi) is 5.44. The first-order chi connectivity index (χ1) is 7.57. The van der Waals surface area contributed by atoms with E-state index < -0.39 is 5.97 Å². The molecule has 1 aliphatic rings. The van der Waals surface area contributed by atoms with E-state index in [1.54, 1.807) is 0 Å². The highest BCUT2D eigenvalue weighted by Crippen LogP contribution is 2.28. The van der Waals surface area contributed by atoms with Gasteiger partial charge in [-0.25, -0.2) is 0 Å². The van der Waals surface area contributed by atoms with Crippen molar-refractivity contribution in [3.63, 3.8) is 0 Å². The van der Waals surface area contributed by atoms with Gasteiger partial charge >= 0.3 is 5.97 Å². The van der Waals surface area contributed by atoms with Crippen molar-refractivity contribution in [2.24, 2.45) is 11.7 Å². The van der Waals surface area contributed by atoms with Crippen molar-refractivity contribution in [1.82, 2.24) is 0 Å². The van der Waals surface area contributed by atoms with Crippen molar-refractivity contribution in [2.75, 3.05) is 13.2 Å². The molecule has 94 valence electrons. The molecule has 3 N–H and O–H groups in total. The van der Waals surface area contributed by atoms with Crippen LogP contribution in [-0.2, 0) is 9.53 Å². The zero-order valence-corrected chi connectivity index (χ0v) is 12.1. The lowest BCUT2D eigenvalue weighted by Gasteiger charge is -2.34. The Morgan fingerprint density at radius 3 is 2.75 bits per heavy atom. The minimum atomic E-state index is -0.716. The Hall–Kier alpha value is -0.393. The minimum Gasteiger partial charge on any atom is -0.481 e. The maximum absolute atomic E-state index is 11.0. The molecule has 0 radical (unpaired) electrons. The molecular weight excluding hydrogens is 222 g/mol. The fraction of sp³-hybridized carbons (Fsp3) is 0.909. The molecule has 0 aromatic heterocycles. The van der Waals surface area contributed by atoms with Gasteiger partial charge in [-0.2, -0.15) is 0 Å². The van der Waals surface area contributed by atoms with Gasteiger partial charge in [0.05, 0.1) is 5.92 Å². The van der Waals surface area contributed by atoms with Crippen molar-refractivity contribution < 1.29 is 14.6 Å². The summed E-state index contributed by atoms with van der Waals surface area (Å²) in [5.41, 5.74) is 5.42. The molecule has 1 heterocycles. The number of nitrogens with two attached hydrogens (primary N) is 1. The van der Waals surface area contributed by atoms with E-state index in [0.717, 1.165) is 36.1 Å². The van der Waals surface area contributed by atoms with Gasteiger partial charge in [0.25, 0.3) is 0 Å². The Bertz CT molecular complexity index is 229. The molecule has 0 amide bonds. The topological polar surface area (TPSA) is 72.5 Å². The predicted octanol–water partition coefficient (Wildman–Crippen LogP) is 0.0784. The number of carbonyl (C=O) groups is 1. The number of carboxylic acids is 1. The lowest BCUT2D eigenvalue weighted by Crippen LogP contribution is -2.37. The fourth-order valence-corrected chi connectivity index (χ4v) is 3.11. The SMILES string of the molecule is NCCC(CCC1([SiH3])CCCCO1)C(=O)O. The Morgan fingerprint density at radius 2 is 2.25 bits per heavy atom. The Labute approximate surface area is 100.0 Å². The lowest BCUT2D eigenvalue weighted by molar-refractivity contribution is -0.142. The summed E-state index contributed by atoms with van der Waals surface area (Å²) in [4.78, 5) is 11.0. The third-order valence-corrected chi connectivity index (χ3v) is 4.73. The molecule has 0 saturated carbocycles. The van der Waals surface area contributed by atoms with Crippen LogP contribution in [0.25, 0.3) is 0 Å². The van der Waals surface area contributed by atoms with Crippen LogP contribution in [0.4, 0.5) is 0 Å². The van der Waals surface area contributed by atoms with Crippen LogP contribution < -0.4 is 5.73 Å². The van der Waals surface area contributed by atoms with Crippen LogP contribution in [0.2, 0.25) is 0 Å². The first-order valence-electron chi connectivity index (χ1n) is 6.14. The summed E-state index contributed by atoms with van der Waals surface area (Å²) in [5, 5.41) is 9.06. The smallest absolute Gasteiger partial charge is 0.306 e. The van der Waals surface area contributed by atoms with Crippen molar-refractivity contribution in [2.45, 2.75) is 43.7 Å². The maximum atomic E-state index is 11.0. The van der Waals surface area contributed by atoms with Crippen LogP contribution in [0.5, 0.6) is 0 Å². The molecule has 0 aliphatic carbocycles. The van der Waals surface area contributed by atoms with Gasteiger partial charge in [0, 0.05) is 22.1 Å². The van der Waals surface area contributed by atoms with E-state index in [1.807, 2.05) is 0 Å². The average Bonchev–Trinajstić information content (AvgIpc) is 2.25. The lowest BCUT2D eigenvalue weighted by atomic mass is 9.94. The molecule has 1 saturated heterocycles. The molecule has 1 rings (SSSR count).